The average molecular weight is 439 g/mol. The molecule has 0 aliphatic heterocycles. The number of aryl methyl sites for hydroxylation is 2. The zero-order valence-corrected chi connectivity index (χ0v) is 18.1. The second-order valence-corrected chi connectivity index (χ2v) is 8.18. The van der Waals surface area contributed by atoms with E-state index in [1.165, 1.54) is 16.9 Å². The minimum absolute atomic E-state index is 0.210. The standard InChI is InChI=1S/C20H20Cl2N2O3S/c1-12-8-13(2)19-17(9-12)28-20(24(19)6-7-26-3)23-18(25)11-27-16-5-4-14(21)10-15(16)22/h4-5,8-10H,6-7,11H2,1-3H3. The van der Waals surface area contributed by atoms with E-state index in [4.69, 9.17) is 32.7 Å². The van der Waals surface area contributed by atoms with Gasteiger partial charge in [0.2, 0.25) is 0 Å². The van der Waals surface area contributed by atoms with Crippen molar-refractivity contribution in [2.75, 3.05) is 20.3 Å². The molecule has 0 bridgehead atoms. The molecule has 0 saturated carbocycles. The van der Waals surface area contributed by atoms with Gasteiger partial charge in [-0.05, 0) is 49.2 Å². The molecule has 1 amide bonds. The lowest BCUT2D eigenvalue weighted by Gasteiger charge is -2.08. The monoisotopic (exact) mass is 438 g/mol. The van der Waals surface area contributed by atoms with Gasteiger partial charge in [0, 0.05) is 18.7 Å². The first-order valence-corrected chi connectivity index (χ1v) is 10.2. The van der Waals surface area contributed by atoms with Crippen molar-refractivity contribution in [1.82, 2.24) is 4.57 Å². The smallest absolute Gasteiger partial charge is 0.286 e. The number of ether oxygens (including phenoxy) is 2. The van der Waals surface area contributed by atoms with Crippen LogP contribution in [0.25, 0.3) is 10.2 Å². The van der Waals surface area contributed by atoms with Crippen LogP contribution in [0.2, 0.25) is 10.0 Å². The molecule has 1 heterocycles. The average Bonchev–Trinajstić information content (AvgIpc) is 2.96. The third-order valence-electron chi connectivity index (χ3n) is 4.10. The number of amides is 1. The minimum atomic E-state index is -0.391. The molecule has 5 nitrogen and oxygen atoms in total. The molecule has 0 aliphatic carbocycles. The summed E-state index contributed by atoms with van der Waals surface area (Å²) in [5.41, 5.74) is 3.38. The van der Waals surface area contributed by atoms with E-state index in [1.54, 1.807) is 25.3 Å². The molecule has 3 rings (SSSR count). The van der Waals surface area contributed by atoms with Crippen LogP contribution in [0.1, 0.15) is 11.1 Å². The lowest BCUT2D eigenvalue weighted by molar-refractivity contribution is -0.120. The summed E-state index contributed by atoms with van der Waals surface area (Å²) in [5.74, 6) is 0.00259. The van der Waals surface area contributed by atoms with E-state index < -0.39 is 5.91 Å². The first-order valence-electron chi connectivity index (χ1n) is 8.64. The van der Waals surface area contributed by atoms with Gasteiger partial charge in [-0.2, -0.15) is 4.99 Å². The molecule has 8 heteroatoms. The van der Waals surface area contributed by atoms with Crippen LogP contribution in [0.3, 0.4) is 0 Å². The molecule has 1 aromatic heterocycles. The number of hydrogen-bond acceptors (Lipinski definition) is 4. The molecule has 148 valence electrons. The van der Waals surface area contributed by atoms with Gasteiger partial charge in [0.05, 0.1) is 21.8 Å². The Balaban J connectivity index is 1.91. The van der Waals surface area contributed by atoms with Gasteiger partial charge in [0.15, 0.2) is 11.4 Å². The van der Waals surface area contributed by atoms with E-state index in [9.17, 15) is 4.79 Å². The van der Waals surface area contributed by atoms with Crippen LogP contribution in [-0.2, 0) is 16.1 Å². The summed E-state index contributed by atoms with van der Waals surface area (Å²) in [4.78, 5) is 17.3. The first-order chi connectivity index (χ1) is 13.4. The van der Waals surface area contributed by atoms with Crippen LogP contribution in [0, 0.1) is 13.8 Å². The van der Waals surface area contributed by atoms with Gasteiger partial charge < -0.3 is 14.0 Å². The maximum atomic E-state index is 12.4. The number of rotatable bonds is 6. The van der Waals surface area contributed by atoms with E-state index in [0.717, 1.165) is 15.8 Å². The topological polar surface area (TPSA) is 52.8 Å². The van der Waals surface area contributed by atoms with Gasteiger partial charge in [-0.3, -0.25) is 4.79 Å². The maximum absolute atomic E-state index is 12.4. The van der Waals surface area contributed by atoms with Gasteiger partial charge in [0.25, 0.3) is 5.91 Å². The Labute approximate surface area is 177 Å². The summed E-state index contributed by atoms with van der Waals surface area (Å²) in [6.07, 6.45) is 0. The molecule has 2 aromatic carbocycles. The van der Waals surface area contributed by atoms with Crippen LogP contribution in [-0.4, -0.2) is 30.8 Å². The highest BCUT2D eigenvalue weighted by Gasteiger charge is 2.12. The van der Waals surface area contributed by atoms with Crippen molar-refractivity contribution in [1.29, 1.82) is 0 Å². The quantitative estimate of drug-likeness (QED) is 0.556. The fourth-order valence-electron chi connectivity index (χ4n) is 2.94. The summed E-state index contributed by atoms with van der Waals surface area (Å²) in [6, 6.07) is 9.07. The highest BCUT2D eigenvalue weighted by molar-refractivity contribution is 7.16. The minimum Gasteiger partial charge on any atom is -0.482 e. The zero-order valence-electron chi connectivity index (χ0n) is 15.8. The molecule has 0 aliphatic rings. The third-order valence-corrected chi connectivity index (χ3v) is 5.65. The predicted molar refractivity (Wildman–Crippen MR) is 114 cm³/mol. The van der Waals surface area contributed by atoms with E-state index in [1.807, 2.05) is 4.57 Å². The Bertz CT molecular complexity index is 1090. The van der Waals surface area contributed by atoms with E-state index in [2.05, 4.69) is 31.0 Å². The molecule has 0 atom stereocenters. The number of nitrogens with zero attached hydrogens (tertiary/aromatic N) is 2. The van der Waals surface area contributed by atoms with E-state index >= 15 is 0 Å². The number of thiazole rings is 1. The number of carbonyl (C=O) groups excluding carboxylic acids is 1. The number of benzene rings is 2. The van der Waals surface area contributed by atoms with Crippen LogP contribution in [0.4, 0.5) is 0 Å². The van der Waals surface area contributed by atoms with Crippen molar-refractivity contribution in [2.24, 2.45) is 4.99 Å². The lowest BCUT2D eigenvalue weighted by atomic mass is 10.1. The van der Waals surface area contributed by atoms with E-state index in [0.29, 0.717) is 33.7 Å². The Kier molecular flexibility index (Phi) is 6.78. The molecule has 0 radical (unpaired) electrons. The Hall–Kier alpha value is -1.86. The lowest BCUT2D eigenvalue weighted by Crippen LogP contribution is -2.21. The van der Waals surface area contributed by atoms with Crippen molar-refractivity contribution in [3.05, 3.63) is 56.3 Å². The molecule has 0 saturated heterocycles. The largest absolute Gasteiger partial charge is 0.482 e. The molecule has 0 N–H and O–H groups in total. The van der Waals surface area contributed by atoms with Crippen molar-refractivity contribution < 1.29 is 14.3 Å². The molecule has 0 spiro atoms. The van der Waals surface area contributed by atoms with Crippen LogP contribution in [0.5, 0.6) is 5.75 Å². The summed E-state index contributed by atoms with van der Waals surface area (Å²) < 4.78 is 13.8. The van der Waals surface area contributed by atoms with Crippen molar-refractivity contribution in [3.63, 3.8) is 0 Å². The Morgan fingerprint density at radius 1 is 1.21 bits per heavy atom. The molecule has 28 heavy (non-hydrogen) atoms. The Morgan fingerprint density at radius 3 is 2.71 bits per heavy atom. The van der Waals surface area contributed by atoms with Crippen molar-refractivity contribution in [2.45, 2.75) is 20.4 Å². The van der Waals surface area contributed by atoms with Gasteiger partial charge in [-0.15, -0.1) is 0 Å². The van der Waals surface area contributed by atoms with Crippen molar-refractivity contribution in [3.8, 4) is 5.75 Å². The zero-order chi connectivity index (χ0) is 20.3. The second kappa shape index (κ2) is 9.09. The molecular weight excluding hydrogens is 419 g/mol. The van der Waals surface area contributed by atoms with Crippen molar-refractivity contribution >= 4 is 50.7 Å². The number of aromatic nitrogens is 1. The van der Waals surface area contributed by atoms with Gasteiger partial charge >= 0.3 is 0 Å². The highest BCUT2D eigenvalue weighted by atomic mass is 35.5. The number of fused-ring (bicyclic) bond motifs is 1. The van der Waals surface area contributed by atoms with Gasteiger partial charge in [0.1, 0.15) is 5.75 Å². The fraction of sp³-hybridized carbons (Fsp3) is 0.300. The normalized spacial score (nSPS) is 12.0. The number of carbonyl (C=O) groups is 1. The van der Waals surface area contributed by atoms with Crippen LogP contribution in [0.15, 0.2) is 35.3 Å². The predicted octanol–water partition coefficient (Wildman–Crippen LogP) is 4.78. The summed E-state index contributed by atoms with van der Waals surface area (Å²) in [7, 11) is 1.65. The SMILES string of the molecule is COCCn1c(=NC(=O)COc2ccc(Cl)cc2Cl)sc2cc(C)cc(C)c21. The van der Waals surface area contributed by atoms with Gasteiger partial charge in [-0.1, -0.05) is 40.6 Å². The first kappa shape index (κ1) is 20.9. The summed E-state index contributed by atoms with van der Waals surface area (Å²) >= 11 is 13.4. The van der Waals surface area contributed by atoms with Gasteiger partial charge in [-0.25, -0.2) is 0 Å². The maximum Gasteiger partial charge on any atom is 0.286 e. The Morgan fingerprint density at radius 2 is 2.00 bits per heavy atom. The fourth-order valence-corrected chi connectivity index (χ4v) is 4.65. The summed E-state index contributed by atoms with van der Waals surface area (Å²) in [6.45, 7) is 5.03. The number of hydrogen-bond donors (Lipinski definition) is 0. The second-order valence-electron chi connectivity index (χ2n) is 6.33. The number of methoxy groups -OCH3 is 1. The van der Waals surface area contributed by atoms with Crippen LogP contribution >= 0.6 is 34.5 Å². The summed E-state index contributed by atoms with van der Waals surface area (Å²) in [5, 5.41) is 0.854. The molecular formula is C20H20Cl2N2O3S. The third kappa shape index (κ3) is 4.75. The molecule has 3 aromatic rings. The molecule has 0 fully saturated rings. The number of halogens is 2. The van der Waals surface area contributed by atoms with Crippen LogP contribution < -0.4 is 9.54 Å². The highest BCUT2D eigenvalue weighted by Crippen LogP contribution is 2.27. The molecule has 0 unspecified atom stereocenters. The van der Waals surface area contributed by atoms with E-state index in [-0.39, 0.29) is 6.61 Å².